The first-order chi connectivity index (χ1) is 15.5. The van der Waals surface area contributed by atoms with E-state index in [4.69, 9.17) is 0 Å². The summed E-state index contributed by atoms with van der Waals surface area (Å²) in [6.45, 7) is 4.63. The van der Waals surface area contributed by atoms with Crippen molar-refractivity contribution < 1.29 is 0 Å². The predicted molar refractivity (Wildman–Crippen MR) is 138 cm³/mol. The van der Waals surface area contributed by atoms with Crippen LogP contribution in [0.15, 0.2) is 57.9 Å². The van der Waals surface area contributed by atoms with Gasteiger partial charge in [-0.15, -0.1) is 0 Å². The molecular formula is C27H32BrN3O. The number of benzene rings is 2. The monoisotopic (exact) mass is 493 g/mol. The number of imidazole rings is 1. The van der Waals surface area contributed by atoms with Crippen molar-refractivity contribution >= 4 is 37.9 Å². The highest BCUT2D eigenvalue weighted by atomic mass is 79.9. The van der Waals surface area contributed by atoms with Gasteiger partial charge >= 0.3 is 5.69 Å². The summed E-state index contributed by atoms with van der Waals surface area (Å²) in [6.07, 6.45) is 10.4. The highest BCUT2D eigenvalue weighted by molar-refractivity contribution is 9.10. The number of fused-ring (bicyclic) bond motifs is 3. The Kier molecular flexibility index (Phi) is 7.14. The molecule has 0 aliphatic heterocycles. The van der Waals surface area contributed by atoms with Crippen LogP contribution in [-0.2, 0) is 13.5 Å². The average molecular weight is 494 g/mol. The number of aromatic nitrogens is 3. The van der Waals surface area contributed by atoms with Crippen molar-refractivity contribution in [2.45, 2.75) is 58.8 Å². The zero-order chi connectivity index (χ0) is 22.7. The summed E-state index contributed by atoms with van der Waals surface area (Å²) >= 11 is 3.59. The van der Waals surface area contributed by atoms with Crippen LogP contribution in [-0.4, -0.2) is 14.1 Å². The van der Waals surface area contributed by atoms with Crippen LogP contribution in [0.25, 0.3) is 27.6 Å². The van der Waals surface area contributed by atoms with Gasteiger partial charge in [0.25, 0.3) is 0 Å². The molecule has 0 saturated carbocycles. The summed E-state index contributed by atoms with van der Waals surface area (Å²) in [5.74, 6) is 0.751. The quantitative estimate of drug-likeness (QED) is 0.231. The van der Waals surface area contributed by atoms with Gasteiger partial charge in [0.1, 0.15) is 0 Å². The van der Waals surface area contributed by atoms with E-state index < -0.39 is 0 Å². The molecule has 5 heteroatoms. The first kappa shape index (κ1) is 22.8. The molecule has 0 aliphatic rings. The number of hydrogen-bond acceptors (Lipinski definition) is 2. The van der Waals surface area contributed by atoms with E-state index in [-0.39, 0.29) is 5.69 Å². The first-order valence-corrected chi connectivity index (χ1v) is 12.5. The Bertz CT molecular complexity index is 1290. The van der Waals surface area contributed by atoms with Crippen molar-refractivity contribution in [2.75, 3.05) is 0 Å². The van der Waals surface area contributed by atoms with Crippen LogP contribution in [0.4, 0.5) is 0 Å². The fourth-order valence-electron chi connectivity index (χ4n) is 4.66. The van der Waals surface area contributed by atoms with Crippen molar-refractivity contribution in [3.63, 3.8) is 0 Å². The number of nitrogens with zero attached hydrogens (tertiary/aromatic N) is 3. The van der Waals surface area contributed by atoms with Gasteiger partial charge in [0.15, 0.2) is 0 Å². The van der Waals surface area contributed by atoms with Gasteiger partial charge in [-0.05, 0) is 48.6 Å². The SMILES string of the molecule is CCCCCC(C)CCCc1ccccc1-n1c(=O)n(C)c2cnc3ccc(Br)cc3c21. The van der Waals surface area contributed by atoms with Crippen LogP contribution in [0.2, 0.25) is 0 Å². The summed E-state index contributed by atoms with van der Waals surface area (Å²) < 4.78 is 4.56. The summed E-state index contributed by atoms with van der Waals surface area (Å²) in [6, 6.07) is 14.4. The molecule has 2 aromatic carbocycles. The Labute approximate surface area is 198 Å². The van der Waals surface area contributed by atoms with Gasteiger partial charge in [-0.25, -0.2) is 4.79 Å². The molecule has 0 saturated heterocycles. The van der Waals surface area contributed by atoms with Crippen molar-refractivity contribution in [1.29, 1.82) is 0 Å². The van der Waals surface area contributed by atoms with Crippen molar-refractivity contribution in [2.24, 2.45) is 13.0 Å². The third-order valence-electron chi connectivity index (χ3n) is 6.52. The van der Waals surface area contributed by atoms with Gasteiger partial charge in [0.05, 0.1) is 28.4 Å². The number of aryl methyl sites for hydroxylation is 2. The number of halogens is 1. The van der Waals surface area contributed by atoms with E-state index in [1.54, 1.807) is 4.57 Å². The molecule has 32 heavy (non-hydrogen) atoms. The molecule has 0 fully saturated rings. The van der Waals surface area contributed by atoms with Gasteiger partial charge in [0, 0.05) is 16.9 Å². The van der Waals surface area contributed by atoms with E-state index in [1.165, 1.54) is 37.7 Å². The average Bonchev–Trinajstić information content (AvgIpc) is 3.05. The maximum atomic E-state index is 13.4. The second kappa shape index (κ2) is 10.0. The van der Waals surface area contributed by atoms with Crippen LogP contribution >= 0.6 is 15.9 Å². The molecule has 1 atom stereocenters. The minimum absolute atomic E-state index is 0.0327. The smallest absolute Gasteiger partial charge is 0.293 e. The van der Waals surface area contributed by atoms with E-state index in [2.05, 4.69) is 59.0 Å². The third-order valence-corrected chi connectivity index (χ3v) is 7.01. The minimum Gasteiger partial charge on any atom is -0.293 e. The van der Waals surface area contributed by atoms with Crippen LogP contribution in [0.5, 0.6) is 0 Å². The molecule has 0 radical (unpaired) electrons. The number of hydrogen-bond donors (Lipinski definition) is 0. The predicted octanol–water partition coefficient (Wildman–Crippen LogP) is 7.18. The molecule has 168 valence electrons. The van der Waals surface area contributed by atoms with Gasteiger partial charge in [-0.3, -0.25) is 14.1 Å². The molecule has 4 nitrogen and oxygen atoms in total. The highest BCUT2D eigenvalue weighted by Gasteiger charge is 2.18. The van der Waals surface area contributed by atoms with E-state index in [1.807, 2.05) is 36.0 Å². The Hall–Kier alpha value is -2.40. The molecule has 0 N–H and O–H groups in total. The van der Waals surface area contributed by atoms with Crippen molar-refractivity contribution in [1.82, 2.24) is 14.1 Å². The zero-order valence-corrected chi connectivity index (χ0v) is 20.9. The maximum absolute atomic E-state index is 13.4. The van der Waals surface area contributed by atoms with Gasteiger partial charge < -0.3 is 0 Å². The van der Waals surface area contributed by atoms with Crippen molar-refractivity contribution in [3.05, 3.63) is 69.2 Å². The fraction of sp³-hybridized carbons (Fsp3) is 0.407. The van der Waals surface area contributed by atoms with Crippen molar-refractivity contribution in [3.8, 4) is 5.69 Å². The number of para-hydroxylation sites is 1. The minimum atomic E-state index is -0.0327. The van der Waals surface area contributed by atoms with Gasteiger partial charge in [-0.2, -0.15) is 0 Å². The molecule has 0 spiro atoms. The molecule has 1 unspecified atom stereocenters. The highest BCUT2D eigenvalue weighted by Crippen LogP contribution is 2.29. The molecule has 0 amide bonds. The molecular weight excluding hydrogens is 462 g/mol. The van der Waals surface area contributed by atoms with E-state index in [0.29, 0.717) is 0 Å². The lowest BCUT2D eigenvalue weighted by Crippen LogP contribution is -2.21. The summed E-state index contributed by atoms with van der Waals surface area (Å²) in [5.41, 5.74) is 4.83. The number of pyridine rings is 1. The molecule has 2 heterocycles. The largest absolute Gasteiger partial charge is 0.333 e. The molecule has 0 aliphatic carbocycles. The zero-order valence-electron chi connectivity index (χ0n) is 19.3. The van der Waals surface area contributed by atoms with Gasteiger partial charge in [0.2, 0.25) is 0 Å². The summed E-state index contributed by atoms with van der Waals surface area (Å²) in [4.78, 5) is 18.0. The molecule has 2 aromatic heterocycles. The first-order valence-electron chi connectivity index (χ1n) is 11.7. The maximum Gasteiger partial charge on any atom is 0.333 e. The lowest BCUT2D eigenvalue weighted by atomic mass is 9.95. The van der Waals surface area contributed by atoms with Crippen LogP contribution in [0.3, 0.4) is 0 Å². The Balaban J connectivity index is 1.72. The van der Waals surface area contributed by atoms with Crippen LogP contribution in [0.1, 0.15) is 57.9 Å². The Morgan fingerprint density at radius 3 is 2.66 bits per heavy atom. The van der Waals surface area contributed by atoms with E-state index in [9.17, 15) is 4.79 Å². The van der Waals surface area contributed by atoms with E-state index in [0.717, 1.165) is 50.9 Å². The standard InChI is InChI=1S/C27H32BrN3O/c1-4-5-6-10-19(2)11-9-13-20-12-7-8-14-24(20)31-26-22-17-21(28)15-16-23(22)29-18-25(26)30(3)27(31)32/h7-8,12,14-19H,4-6,9-11,13H2,1-3H3. The topological polar surface area (TPSA) is 39.8 Å². The second-order valence-corrected chi connectivity index (χ2v) is 9.87. The fourth-order valence-corrected chi connectivity index (χ4v) is 5.02. The molecule has 4 aromatic rings. The number of rotatable bonds is 9. The third kappa shape index (κ3) is 4.54. The van der Waals surface area contributed by atoms with Crippen LogP contribution < -0.4 is 5.69 Å². The van der Waals surface area contributed by atoms with Gasteiger partial charge in [-0.1, -0.05) is 80.1 Å². The number of unbranched alkanes of at least 4 members (excludes halogenated alkanes) is 2. The Morgan fingerprint density at radius 2 is 1.84 bits per heavy atom. The van der Waals surface area contributed by atoms with E-state index >= 15 is 0 Å². The molecule has 4 rings (SSSR count). The lowest BCUT2D eigenvalue weighted by molar-refractivity contribution is 0.450. The Morgan fingerprint density at radius 1 is 1.06 bits per heavy atom. The summed E-state index contributed by atoms with van der Waals surface area (Å²) in [7, 11) is 1.83. The van der Waals surface area contributed by atoms with Crippen LogP contribution in [0, 0.1) is 5.92 Å². The second-order valence-electron chi connectivity index (χ2n) is 8.95. The molecule has 0 bridgehead atoms. The lowest BCUT2D eigenvalue weighted by Gasteiger charge is -2.14. The summed E-state index contributed by atoms with van der Waals surface area (Å²) in [5, 5.41) is 0.980. The normalized spacial score (nSPS) is 12.6.